The summed E-state index contributed by atoms with van der Waals surface area (Å²) in [6, 6.07) is 14.4. The molecule has 0 unspecified atom stereocenters. The number of hydrogen-bond acceptors (Lipinski definition) is 1. The number of rotatable bonds is 4. The summed E-state index contributed by atoms with van der Waals surface area (Å²) in [6.07, 6.45) is 0. The molecule has 2 aromatic carbocycles. The number of benzene rings is 2. The SMILES string of the molecule is CC(C)NCc1ccc(-c2cc(Cl)ccc2Cl)cc1. The van der Waals surface area contributed by atoms with Crippen molar-refractivity contribution in [3.05, 3.63) is 58.1 Å². The van der Waals surface area contributed by atoms with Gasteiger partial charge in [-0.15, -0.1) is 0 Å². The molecule has 0 aliphatic heterocycles. The Balaban J connectivity index is 2.20. The third kappa shape index (κ3) is 3.97. The Kier molecular flexibility index (Phi) is 4.87. The van der Waals surface area contributed by atoms with E-state index in [1.165, 1.54) is 5.56 Å². The van der Waals surface area contributed by atoms with E-state index in [2.05, 4.69) is 43.4 Å². The highest BCUT2D eigenvalue weighted by Crippen LogP contribution is 2.30. The minimum Gasteiger partial charge on any atom is -0.310 e. The second kappa shape index (κ2) is 6.42. The summed E-state index contributed by atoms with van der Waals surface area (Å²) in [6.45, 7) is 5.15. The van der Waals surface area contributed by atoms with Gasteiger partial charge in [0.2, 0.25) is 0 Å². The molecule has 100 valence electrons. The van der Waals surface area contributed by atoms with Crippen LogP contribution in [0.3, 0.4) is 0 Å². The Labute approximate surface area is 124 Å². The lowest BCUT2D eigenvalue weighted by molar-refractivity contribution is 0.589. The molecule has 0 spiro atoms. The largest absolute Gasteiger partial charge is 0.310 e. The summed E-state index contributed by atoms with van der Waals surface area (Å²) in [5.74, 6) is 0. The van der Waals surface area contributed by atoms with Crippen molar-refractivity contribution in [2.24, 2.45) is 0 Å². The van der Waals surface area contributed by atoms with Crippen molar-refractivity contribution in [3.63, 3.8) is 0 Å². The Bertz CT molecular complexity index is 547. The maximum atomic E-state index is 6.20. The Hall–Kier alpha value is -1.02. The zero-order valence-electron chi connectivity index (χ0n) is 11.1. The van der Waals surface area contributed by atoms with Gasteiger partial charge >= 0.3 is 0 Å². The van der Waals surface area contributed by atoms with Crippen LogP contribution in [0, 0.1) is 0 Å². The quantitative estimate of drug-likeness (QED) is 0.821. The summed E-state index contributed by atoms with van der Waals surface area (Å²) in [5.41, 5.74) is 3.31. The van der Waals surface area contributed by atoms with Gasteiger partial charge in [-0.05, 0) is 29.3 Å². The van der Waals surface area contributed by atoms with Crippen LogP contribution in [-0.2, 0) is 6.54 Å². The van der Waals surface area contributed by atoms with Crippen molar-refractivity contribution >= 4 is 23.2 Å². The summed E-state index contributed by atoms with van der Waals surface area (Å²) in [7, 11) is 0. The fourth-order valence-corrected chi connectivity index (χ4v) is 2.24. The van der Waals surface area contributed by atoms with Crippen LogP contribution in [0.2, 0.25) is 10.0 Å². The van der Waals surface area contributed by atoms with Crippen molar-refractivity contribution in [3.8, 4) is 11.1 Å². The average Bonchev–Trinajstić information content (AvgIpc) is 2.40. The Morgan fingerprint density at radius 1 is 1.00 bits per heavy atom. The second-order valence-corrected chi connectivity index (χ2v) is 5.70. The van der Waals surface area contributed by atoms with E-state index in [9.17, 15) is 0 Å². The van der Waals surface area contributed by atoms with E-state index in [1.807, 2.05) is 12.1 Å². The van der Waals surface area contributed by atoms with Crippen molar-refractivity contribution in [2.45, 2.75) is 26.4 Å². The lowest BCUT2D eigenvalue weighted by Gasteiger charge is -2.09. The Morgan fingerprint density at radius 3 is 2.32 bits per heavy atom. The number of nitrogens with one attached hydrogen (secondary N) is 1. The van der Waals surface area contributed by atoms with Crippen LogP contribution in [-0.4, -0.2) is 6.04 Å². The van der Waals surface area contributed by atoms with Crippen molar-refractivity contribution in [1.82, 2.24) is 5.32 Å². The minimum absolute atomic E-state index is 0.488. The number of halogens is 2. The zero-order chi connectivity index (χ0) is 13.8. The molecule has 2 rings (SSSR count). The van der Waals surface area contributed by atoms with Crippen LogP contribution in [0.4, 0.5) is 0 Å². The van der Waals surface area contributed by atoms with Gasteiger partial charge in [-0.25, -0.2) is 0 Å². The maximum Gasteiger partial charge on any atom is 0.0485 e. The third-order valence-electron chi connectivity index (χ3n) is 2.91. The van der Waals surface area contributed by atoms with E-state index in [4.69, 9.17) is 23.2 Å². The first-order chi connectivity index (χ1) is 9.06. The minimum atomic E-state index is 0.488. The molecule has 0 amide bonds. The van der Waals surface area contributed by atoms with E-state index in [-0.39, 0.29) is 0 Å². The normalized spacial score (nSPS) is 11.0. The molecule has 0 aromatic heterocycles. The summed E-state index contributed by atoms with van der Waals surface area (Å²) < 4.78 is 0. The van der Waals surface area contributed by atoms with Gasteiger partial charge in [0.1, 0.15) is 0 Å². The van der Waals surface area contributed by atoms with Crippen LogP contribution in [0.15, 0.2) is 42.5 Å². The predicted molar refractivity (Wildman–Crippen MR) is 83.9 cm³/mol. The van der Waals surface area contributed by atoms with E-state index in [0.29, 0.717) is 11.1 Å². The van der Waals surface area contributed by atoms with Crippen molar-refractivity contribution in [2.75, 3.05) is 0 Å². The standard InChI is InChI=1S/C16H17Cl2N/c1-11(2)19-10-12-3-5-13(6-4-12)15-9-14(17)7-8-16(15)18/h3-9,11,19H,10H2,1-2H3. The van der Waals surface area contributed by atoms with Gasteiger partial charge in [0.25, 0.3) is 0 Å². The summed E-state index contributed by atoms with van der Waals surface area (Å²) in [4.78, 5) is 0. The molecule has 0 saturated carbocycles. The molecule has 0 heterocycles. The lowest BCUT2D eigenvalue weighted by Crippen LogP contribution is -2.21. The first-order valence-electron chi connectivity index (χ1n) is 6.34. The van der Waals surface area contributed by atoms with E-state index in [0.717, 1.165) is 22.7 Å². The van der Waals surface area contributed by atoms with Crippen LogP contribution in [0.25, 0.3) is 11.1 Å². The van der Waals surface area contributed by atoms with Crippen LogP contribution >= 0.6 is 23.2 Å². The fourth-order valence-electron chi connectivity index (χ4n) is 1.84. The van der Waals surface area contributed by atoms with Gasteiger partial charge in [0.15, 0.2) is 0 Å². The molecular weight excluding hydrogens is 277 g/mol. The zero-order valence-corrected chi connectivity index (χ0v) is 12.6. The van der Waals surface area contributed by atoms with Gasteiger partial charge in [-0.1, -0.05) is 61.3 Å². The van der Waals surface area contributed by atoms with Crippen LogP contribution < -0.4 is 5.32 Å². The Morgan fingerprint density at radius 2 is 1.68 bits per heavy atom. The van der Waals surface area contributed by atoms with Gasteiger partial charge < -0.3 is 5.32 Å². The van der Waals surface area contributed by atoms with Crippen molar-refractivity contribution in [1.29, 1.82) is 0 Å². The molecule has 1 N–H and O–H groups in total. The highest BCUT2D eigenvalue weighted by molar-refractivity contribution is 6.35. The highest BCUT2D eigenvalue weighted by atomic mass is 35.5. The average molecular weight is 294 g/mol. The molecule has 19 heavy (non-hydrogen) atoms. The lowest BCUT2D eigenvalue weighted by atomic mass is 10.0. The highest BCUT2D eigenvalue weighted by Gasteiger charge is 2.04. The first-order valence-corrected chi connectivity index (χ1v) is 7.09. The molecule has 0 aliphatic carbocycles. The smallest absolute Gasteiger partial charge is 0.0485 e. The molecule has 3 heteroatoms. The van der Waals surface area contributed by atoms with Crippen LogP contribution in [0.5, 0.6) is 0 Å². The molecule has 0 aliphatic rings. The first kappa shape index (κ1) is 14.4. The van der Waals surface area contributed by atoms with Gasteiger partial charge in [-0.2, -0.15) is 0 Å². The van der Waals surface area contributed by atoms with Gasteiger partial charge in [-0.3, -0.25) is 0 Å². The second-order valence-electron chi connectivity index (χ2n) is 4.86. The summed E-state index contributed by atoms with van der Waals surface area (Å²) >= 11 is 12.2. The molecule has 0 atom stereocenters. The topological polar surface area (TPSA) is 12.0 Å². The van der Waals surface area contributed by atoms with Gasteiger partial charge in [0, 0.05) is 28.2 Å². The van der Waals surface area contributed by atoms with Gasteiger partial charge in [0.05, 0.1) is 0 Å². The third-order valence-corrected chi connectivity index (χ3v) is 3.47. The summed E-state index contributed by atoms with van der Waals surface area (Å²) in [5, 5.41) is 4.81. The molecule has 0 saturated heterocycles. The van der Waals surface area contributed by atoms with E-state index < -0.39 is 0 Å². The van der Waals surface area contributed by atoms with E-state index in [1.54, 1.807) is 6.07 Å². The molecule has 0 radical (unpaired) electrons. The molecule has 1 nitrogen and oxygen atoms in total. The molecule has 0 bridgehead atoms. The monoisotopic (exact) mass is 293 g/mol. The van der Waals surface area contributed by atoms with E-state index >= 15 is 0 Å². The molecular formula is C16H17Cl2N. The number of hydrogen-bond donors (Lipinski definition) is 1. The predicted octanol–water partition coefficient (Wildman–Crippen LogP) is 5.16. The molecule has 2 aromatic rings. The molecule has 0 fully saturated rings. The van der Waals surface area contributed by atoms with Crippen molar-refractivity contribution < 1.29 is 0 Å². The maximum absolute atomic E-state index is 6.20. The fraction of sp³-hybridized carbons (Fsp3) is 0.250. The van der Waals surface area contributed by atoms with Crippen LogP contribution in [0.1, 0.15) is 19.4 Å².